The Balaban J connectivity index is 1.53. The second-order valence-electron chi connectivity index (χ2n) is 6.56. The van der Waals surface area contributed by atoms with E-state index in [1.807, 2.05) is 36.2 Å². The highest BCUT2D eigenvalue weighted by atomic mass is 35.5. The molecule has 3 rings (SSSR count). The van der Waals surface area contributed by atoms with Gasteiger partial charge in [-0.1, -0.05) is 23.7 Å². The number of rotatable bonds is 6. The van der Waals surface area contributed by atoms with Gasteiger partial charge in [-0.3, -0.25) is 14.5 Å². The third-order valence-corrected chi connectivity index (χ3v) is 5.28. The van der Waals surface area contributed by atoms with E-state index in [0.717, 1.165) is 44.6 Å². The van der Waals surface area contributed by atoms with E-state index in [2.05, 4.69) is 4.90 Å². The molecule has 0 N–H and O–H groups in total. The van der Waals surface area contributed by atoms with Crippen LogP contribution in [0.5, 0.6) is 0 Å². The van der Waals surface area contributed by atoms with Crippen LogP contribution in [0.25, 0.3) is 0 Å². The number of para-hydroxylation sites is 1. The van der Waals surface area contributed by atoms with Crippen LogP contribution in [0.2, 0.25) is 5.02 Å². The molecular formula is C18H24ClN3O2. The van der Waals surface area contributed by atoms with Crippen LogP contribution >= 0.6 is 11.6 Å². The number of hydrogen-bond acceptors (Lipinski definition) is 3. The lowest BCUT2D eigenvalue weighted by atomic mass is 10.2. The Kier molecular flexibility index (Phi) is 5.41. The van der Waals surface area contributed by atoms with Crippen molar-refractivity contribution in [2.24, 2.45) is 0 Å². The summed E-state index contributed by atoms with van der Waals surface area (Å²) in [7, 11) is 1.99. The fourth-order valence-electron chi connectivity index (χ4n) is 3.59. The molecule has 24 heavy (non-hydrogen) atoms. The van der Waals surface area contributed by atoms with Gasteiger partial charge in [0.15, 0.2) is 0 Å². The topological polar surface area (TPSA) is 43.9 Å². The molecule has 2 aliphatic rings. The molecule has 2 heterocycles. The van der Waals surface area contributed by atoms with Crippen LogP contribution in [0.1, 0.15) is 25.7 Å². The van der Waals surface area contributed by atoms with Crippen LogP contribution in [-0.4, -0.2) is 60.9 Å². The SMILES string of the molecule is CN(CCCN1CCCC1=O)[C@@H]1CCN(c2ccccc2Cl)C1=O. The average Bonchev–Trinajstić information content (AvgIpc) is 3.14. The lowest BCUT2D eigenvalue weighted by Gasteiger charge is -2.25. The van der Waals surface area contributed by atoms with Crippen molar-refractivity contribution in [3.8, 4) is 0 Å². The van der Waals surface area contributed by atoms with Gasteiger partial charge >= 0.3 is 0 Å². The molecule has 5 nitrogen and oxygen atoms in total. The lowest BCUT2D eigenvalue weighted by Crippen LogP contribution is -2.41. The summed E-state index contributed by atoms with van der Waals surface area (Å²) >= 11 is 6.22. The monoisotopic (exact) mass is 349 g/mol. The standard InChI is InChI=1S/C18H24ClN3O2/c1-20(10-5-12-21-11-4-8-17(21)23)16-9-13-22(18(16)24)15-7-3-2-6-14(15)19/h2-3,6-7,16H,4-5,8-13H2,1H3/t16-/m1/s1. The van der Waals surface area contributed by atoms with Crippen molar-refractivity contribution in [1.82, 2.24) is 9.80 Å². The van der Waals surface area contributed by atoms with Gasteiger partial charge in [0, 0.05) is 32.6 Å². The predicted molar refractivity (Wildman–Crippen MR) is 95.3 cm³/mol. The molecule has 2 saturated heterocycles. The van der Waals surface area contributed by atoms with Crippen molar-refractivity contribution in [2.45, 2.75) is 31.7 Å². The molecule has 2 aliphatic heterocycles. The molecule has 6 heteroatoms. The smallest absolute Gasteiger partial charge is 0.244 e. The maximum absolute atomic E-state index is 12.7. The second kappa shape index (κ2) is 7.53. The lowest BCUT2D eigenvalue weighted by molar-refractivity contribution is -0.128. The van der Waals surface area contributed by atoms with Gasteiger partial charge in [0.2, 0.25) is 11.8 Å². The van der Waals surface area contributed by atoms with E-state index in [-0.39, 0.29) is 17.9 Å². The van der Waals surface area contributed by atoms with Crippen molar-refractivity contribution >= 4 is 29.1 Å². The second-order valence-corrected chi connectivity index (χ2v) is 6.97. The van der Waals surface area contributed by atoms with E-state index in [4.69, 9.17) is 11.6 Å². The van der Waals surface area contributed by atoms with Gasteiger partial charge in [0.1, 0.15) is 0 Å². The molecule has 0 aliphatic carbocycles. The number of anilines is 1. The van der Waals surface area contributed by atoms with Crippen molar-refractivity contribution in [3.63, 3.8) is 0 Å². The van der Waals surface area contributed by atoms with Gasteiger partial charge < -0.3 is 9.80 Å². The highest BCUT2D eigenvalue weighted by Crippen LogP contribution is 2.30. The molecule has 2 fully saturated rings. The highest BCUT2D eigenvalue weighted by Gasteiger charge is 2.35. The molecule has 1 aromatic rings. The van der Waals surface area contributed by atoms with E-state index >= 15 is 0 Å². The highest BCUT2D eigenvalue weighted by molar-refractivity contribution is 6.33. The first-order valence-electron chi connectivity index (χ1n) is 8.62. The zero-order valence-electron chi connectivity index (χ0n) is 14.1. The molecule has 0 saturated carbocycles. The number of nitrogens with zero attached hydrogens (tertiary/aromatic N) is 3. The summed E-state index contributed by atoms with van der Waals surface area (Å²) in [6.07, 6.45) is 3.37. The molecule has 130 valence electrons. The third kappa shape index (κ3) is 3.57. The Bertz CT molecular complexity index is 622. The van der Waals surface area contributed by atoms with E-state index in [0.29, 0.717) is 18.0 Å². The zero-order chi connectivity index (χ0) is 17.1. The third-order valence-electron chi connectivity index (χ3n) is 4.96. The molecular weight excluding hydrogens is 326 g/mol. The van der Waals surface area contributed by atoms with E-state index in [1.165, 1.54) is 0 Å². The minimum absolute atomic E-state index is 0.101. The fourth-order valence-corrected chi connectivity index (χ4v) is 3.83. The van der Waals surface area contributed by atoms with Crippen LogP contribution < -0.4 is 4.90 Å². The average molecular weight is 350 g/mol. The van der Waals surface area contributed by atoms with Crippen molar-refractivity contribution < 1.29 is 9.59 Å². The van der Waals surface area contributed by atoms with Gasteiger partial charge in [-0.2, -0.15) is 0 Å². The normalized spacial score (nSPS) is 21.4. The summed E-state index contributed by atoms with van der Waals surface area (Å²) in [6.45, 7) is 3.18. The van der Waals surface area contributed by atoms with E-state index in [1.54, 1.807) is 4.90 Å². The van der Waals surface area contributed by atoms with Gasteiger partial charge in [0.25, 0.3) is 0 Å². The van der Waals surface area contributed by atoms with Crippen LogP contribution in [0.3, 0.4) is 0 Å². The molecule has 1 atom stereocenters. The maximum atomic E-state index is 12.7. The minimum atomic E-state index is -0.101. The fraction of sp³-hybridized carbons (Fsp3) is 0.556. The molecule has 0 radical (unpaired) electrons. The van der Waals surface area contributed by atoms with Crippen LogP contribution in [0, 0.1) is 0 Å². The van der Waals surface area contributed by atoms with Gasteiger partial charge in [-0.25, -0.2) is 0 Å². The zero-order valence-corrected chi connectivity index (χ0v) is 14.8. The first kappa shape index (κ1) is 17.2. The predicted octanol–water partition coefficient (Wildman–Crippen LogP) is 2.39. The Morgan fingerprint density at radius 2 is 2.04 bits per heavy atom. The largest absolute Gasteiger partial charge is 0.343 e. The number of likely N-dealkylation sites (N-methyl/N-ethyl adjacent to an activating group) is 1. The van der Waals surface area contributed by atoms with Crippen molar-refractivity contribution in [2.75, 3.05) is 38.1 Å². The molecule has 0 unspecified atom stereocenters. The Morgan fingerprint density at radius 1 is 1.25 bits per heavy atom. The Morgan fingerprint density at radius 3 is 2.75 bits per heavy atom. The van der Waals surface area contributed by atoms with Crippen LogP contribution in [0.15, 0.2) is 24.3 Å². The maximum Gasteiger partial charge on any atom is 0.244 e. The van der Waals surface area contributed by atoms with E-state index in [9.17, 15) is 9.59 Å². The van der Waals surface area contributed by atoms with Gasteiger partial charge in [-0.05, 0) is 38.4 Å². The summed E-state index contributed by atoms with van der Waals surface area (Å²) in [4.78, 5) is 30.2. The Hall–Kier alpha value is -1.59. The molecule has 0 spiro atoms. The first-order valence-corrected chi connectivity index (χ1v) is 8.99. The number of halogens is 1. The molecule has 2 amide bonds. The van der Waals surface area contributed by atoms with E-state index < -0.39 is 0 Å². The number of amides is 2. The molecule has 0 aromatic heterocycles. The van der Waals surface area contributed by atoms with Crippen LogP contribution in [-0.2, 0) is 9.59 Å². The quantitative estimate of drug-likeness (QED) is 0.792. The van der Waals surface area contributed by atoms with Crippen LogP contribution in [0.4, 0.5) is 5.69 Å². The minimum Gasteiger partial charge on any atom is -0.343 e. The summed E-state index contributed by atoms with van der Waals surface area (Å²) < 4.78 is 0. The first-order chi connectivity index (χ1) is 11.6. The number of likely N-dealkylation sites (tertiary alicyclic amines) is 1. The number of hydrogen-bond donors (Lipinski definition) is 0. The summed E-state index contributed by atoms with van der Waals surface area (Å²) in [5.41, 5.74) is 0.794. The summed E-state index contributed by atoms with van der Waals surface area (Å²) in [6, 6.07) is 7.37. The number of carbonyl (C=O) groups is 2. The number of carbonyl (C=O) groups excluding carboxylic acids is 2. The van der Waals surface area contributed by atoms with Crippen molar-refractivity contribution in [1.29, 1.82) is 0 Å². The molecule has 0 bridgehead atoms. The number of benzene rings is 1. The summed E-state index contributed by atoms with van der Waals surface area (Å²) in [5.74, 6) is 0.377. The summed E-state index contributed by atoms with van der Waals surface area (Å²) in [5, 5.41) is 0.613. The van der Waals surface area contributed by atoms with Gasteiger partial charge in [-0.15, -0.1) is 0 Å². The van der Waals surface area contributed by atoms with Crippen molar-refractivity contribution in [3.05, 3.63) is 29.3 Å². The molecule has 1 aromatic carbocycles. The van der Waals surface area contributed by atoms with Gasteiger partial charge in [0.05, 0.1) is 16.8 Å². The Labute approximate surface area is 148 Å².